The quantitative estimate of drug-likeness (QED) is 0.428. The Hall–Kier alpha value is -1.15. The highest BCUT2D eigenvalue weighted by molar-refractivity contribution is 14.1. The van der Waals surface area contributed by atoms with Crippen LogP contribution >= 0.6 is 22.6 Å². The Morgan fingerprint density at radius 1 is 1.14 bits per heavy atom. The molecule has 1 aromatic carbocycles. The summed E-state index contributed by atoms with van der Waals surface area (Å²) in [6.07, 6.45) is -0.523. The van der Waals surface area contributed by atoms with Crippen LogP contribution in [0.3, 0.4) is 0 Å². The first-order valence-electron chi connectivity index (χ1n) is 6.75. The molecule has 0 radical (unpaired) electrons. The second-order valence-electron chi connectivity index (χ2n) is 4.31. The van der Waals surface area contributed by atoms with E-state index in [-0.39, 0.29) is 12.4 Å². The number of hydrogen-bond acceptors (Lipinski definition) is 5. The number of carbonyl (C=O) groups excluding carboxylic acids is 2. The molecule has 2 atom stereocenters. The first-order valence-corrected chi connectivity index (χ1v) is 8.00. The number of carbonyl (C=O) groups is 2. The lowest BCUT2D eigenvalue weighted by molar-refractivity contribution is -0.142. The topological polar surface area (TPSA) is 72.8 Å². The number of benzene rings is 1. The number of alkyl halides is 1. The van der Waals surface area contributed by atoms with Crippen molar-refractivity contribution in [3.05, 3.63) is 35.4 Å². The molecule has 1 aromatic rings. The molecule has 5 nitrogen and oxygen atoms in total. The molecule has 0 spiro atoms. The molecular formula is C15H19IO5. The first kappa shape index (κ1) is 17.9. The fourth-order valence-electron chi connectivity index (χ4n) is 1.72. The molecule has 0 saturated carbocycles. The van der Waals surface area contributed by atoms with Gasteiger partial charge in [-0.05, 0) is 38.0 Å². The smallest absolute Gasteiger partial charge is 0.338 e. The lowest BCUT2D eigenvalue weighted by atomic mass is 10.0. The summed E-state index contributed by atoms with van der Waals surface area (Å²) >= 11 is 1.95. The summed E-state index contributed by atoms with van der Waals surface area (Å²) in [6, 6.07) is 6.52. The fourth-order valence-corrected chi connectivity index (χ4v) is 2.38. The largest absolute Gasteiger partial charge is 0.465 e. The summed E-state index contributed by atoms with van der Waals surface area (Å²) in [4.78, 5) is 23.0. The molecule has 1 rings (SSSR count). The number of halogens is 1. The van der Waals surface area contributed by atoms with E-state index in [1.54, 1.807) is 38.1 Å². The zero-order chi connectivity index (χ0) is 15.8. The van der Waals surface area contributed by atoms with Gasteiger partial charge in [0.1, 0.15) is 3.92 Å². The van der Waals surface area contributed by atoms with E-state index < -0.39 is 16.0 Å². The van der Waals surface area contributed by atoms with Crippen molar-refractivity contribution < 1.29 is 24.2 Å². The van der Waals surface area contributed by atoms with Gasteiger partial charge in [-0.15, -0.1) is 0 Å². The van der Waals surface area contributed by atoms with Gasteiger partial charge in [-0.25, -0.2) is 4.79 Å². The Bertz CT molecular complexity index is 471. The maximum atomic E-state index is 11.5. The molecule has 0 fully saturated rings. The van der Waals surface area contributed by atoms with Crippen molar-refractivity contribution in [2.24, 2.45) is 0 Å². The summed E-state index contributed by atoms with van der Waals surface area (Å²) in [5.41, 5.74) is 1.08. The van der Waals surface area contributed by atoms with E-state index in [0.29, 0.717) is 24.3 Å². The molecule has 116 valence electrons. The minimum Gasteiger partial charge on any atom is -0.465 e. The second-order valence-corrected chi connectivity index (χ2v) is 5.82. The minimum atomic E-state index is -0.785. The van der Waals surface area contributed by atoms with Crippen LogP contribution in [0.4, 0.5) is 0 Å². The van der Waals surface area contributed by atoms with Crippen LogP contribution in [0.25, 0.3) is 0 Å². The van der Waals surface area contributed by atoms with Gasteiger partial charge in [-0.1, -0.05) is 34.7 Å². The first-order chi connectivity index (χ1) is 9.99. The van der Waals surface area contributed by atoms with Gasteiger partial charge in [0.25, 0.3) is 0 Å². The SMILES string of the molecule is CCOC(=O)c1ccc(C(O)CC(I)C(=O)OCC)cc1. The van der Waals surface area contributed by atoms with Crippen LogP contribution in [0.2, 0.25) is 0 Å². The number of ether oxygens (including phenoxy) is 2. The van der Waals surface area contributed by atoms with Gasteiger partial charge < -0.3 is 14.6 Å². The Morgan fingerprint density at radius 2 is 1.71 bits per heavy atom. The van der Waals surface area contributed by atoms with Crippen LogP contribution < -0.4 is 0 Å². The average molecular weight is 406 g/mol. The fraction of sp³-hybridized carbons (Fsp3) is 0.467. The highest BCUT2D eigenvalue weighted by atomic mass is 127. The zero-order valence-corrected chi connectivity index (χ0v) is 14.2. The maximum absolute atomic E-state index is 11.5. The van der Waals surface area contributed by atoms with Crippen molar-refractivity contribution in [3.8, 4) is 0 Å². The molecule has 0 aliphatic heterocycles. The molecule has 0 aromatic heterocycles. The lowest BCUT2D eigenvalue weighted by Gasteiger charge is -2.15. The summed E-state index contributed by atoms with van der Waals surface area (Å²) < 4.78 is 9.37. The van der Waals surface area contributed by atoms with E-state index in [4.69, 9.17) is 9.47 Å². The summed E-state index contributed by atoms with van der Waals surface area (Å²) in [5, 5.41) is 10.1. The molecule has 1 N–H and O–H groups in total. The normalized spacial score (nSPS) is 13.3. The van der Waals surface area contributed by atoms with Crippen molar-refractivity contribution in [2.45, 2.75) is 30.3 Å². The van der Waals surface area contributed by atoms with Crippen molar-refractivity contribution in [1.29, 1.82) is 0 Å². The summed E-state index contributed by atoms with van der Waals surface area (Å²) in [5.74, 6) is -0.725. The van der Waals surface area contributed by atoms with Crippen molar-refractivity contribution in [2.75, 3.05) is 13.2 Å². The molecule has 2 unspecified atom stereocenters. The summed E-state index contributed by atoms with van der Waals surface area (Å²) in [7, 11) is 0. The molecule has 21 heavy (non-hydrogen) atoms. The van der Waals surface area contributed by atoms with Gasteiger partial charge in [0.15, 0.2) is 0 Å². The van der Waals surface area contributed by atoms with Gasteiger partial charge in [-0.3, -0.25) is 4.79 Å². The summed E-state index contributed by atoms with van der Waals surface area (Å²) in [6.45, 7) is 4.12. The molecule has 0 aliphatic rings. The number of hydrogen-bond donors (Lipinski definition) is 1. The van der Waals surface area contributed by atoms with E-state index in [1.165, 1.54) is 0 Å². The Balaban J connectivity index is 2.64. The van der Waals surface area contributed by atoms with Gasteiger partial charge in [-0.2, -0.15) is 0 Å². The third-order valence-electron chi connectivity index (χ3n) is 2.78. The van der Waals surface area contributed by atoms with E-state index in [2.05, 4.69) is 0 Å². The highest BCUT2D eigenvalue weighted by Gasteiger charge is 2.21. The molecule has 6 heteroatoms. The van der Waals surface area contributed by atoms with Crippen molar-refractivity contribution in [1.82, 2.24) is 0 Å². The van der Waals surface area contributed by atoms with Crippen LogP contribution in [-0.2, 0) is 14.3 Å². The predicted molar refractivity (Wildman–Crippen MR) is 86.4 cm³/mol. The van der Waals surface area contributed by atoms with E-state index in [0.717, 1.165) is 0 Å². The monoisotopic (exact) mass is 406 g/mol. The van der Waals surface area contributed by atoms with Crippen LogP contribution in [0.5, 0.6) is 0 Å². The molecule has 0 heterocycles. The second kappa shape index (κ2) is 8.99. The van der Waals surface area contributed by atoms with E-state index >= 15 is 0 Å². The maximum Gasteiger partial charge on any atom is 0.338 e. The molecule has 0 aliphatic carbocycles. The average Bonchev–Trinajstić information content (AvgIpc) is 2.47. The Kier molecular flexibility index (Phi) is 7.66. The Labute approximate surface area is 137 Å². The van der Waals surface area contributed by atoms with Gasteiger partial charge in [0.05, 0.1) is 24.9 Å². The van der Waals surface area contributed by atoms with Gasteiger partial charge >= 0.3 is 11.9 Å². The van der Waals surface area contributed by atoms with Crippen LogP contribution in [-0.4, -0.2) is 34.2 Å². The number of aliphatic hydroxyl groups is 1. The van der Waals surface area contributed by atoms with E-state index in [9.17, 15) is 14.7 Å². The molecule has 0 amide bonds. The number of aliphatic hydroxyl groups excluding tert-OH is 1. The lowest BCUT2D eigenvalue weighted by Crippen LogP contribution is -2.20. The number of esters is 2. The van der Waals surface area contributed by atoms with Gasteiger partial charge in [0, 0.05) is 0 Å². The Morgan fingerprint density at radius 3 is 2.24 bits per heavy atom. The third kappa shape index (κ3) is 5.62. The molecule has 0 saturated heterocycles. The highest BCUT2D eigenvalue weighted by Crippen LogP contribution is 2.23. The number of rotatable bonds is 7. The van der Waals surface area contributed by atoms with Crippen molar-refractivity contribution >= 4 is 34.5 Å². The van der Waals surface area contributed by atoms with Crippen LogP contribution in [0.1, 0.15) is 42.3 Å². The third-order valence-corrected chi connectivity index (χ3v) is 3.80. The predicted octanol–water partition coefficient (Wildman–Crippen LogP) is 2.65. The van der Waals surface area contributed by atoms with Crippen molar-refractivity contribution in [3.63, 3.8) is 0 Å². The van der Waals surface area contributed by atoms with Crippen LogP contribution in [0.15, 0.2) is 24.3 Å². The molecular weight excluding hydrogens is 387 g/mol. The minimum absolute atomic E-state index is 0.262. The van der Waals surface area contributed by atoms with E-state index in [1.807, 2.05) is 22.6 Å². The zero-order valence-electron chi connectivity index (χ0n) is 12.0. The van der Waals surface area contributed by atoms with Gasteiger partial charge in [0.2, 0.25) is 0 Å². The standard InChI is InChI=1S/C15H19IO5/c1-3-20-14(18)11-7-5-10(6-8-11)13(17)9-12(16)15(19)21-4-2/h5-8,12-13,17H,3-4,9H2,1-2H3. The molecule has 0 bridgehead atoms. The van der Waals surface area contributed by atoms with Crippen LogP contribution in [0, 0.1) is 0 Å².